The van der Waals surface area contributed by atoms with Crippen molar-refractivity contribution in [3.05, 3.63) is 95.6 Å². The number of para-hydroxylation sites is 1. The van der Waals surface area contributed by atoms with Crippen molar-refractivity contribution in [1.29, 1.82) is 0 Å². The molecule has 0 saturated carbocycles. The van der Waals surface area contributed by atoms with Crippen LogP contribution in [0, 0.1) is 6.92 Å². The Bertz CT molecular complexity index is 938. The molecule has 0 radical (unpaired) electrons. The van der Waals surface area contributed by atoms with E-state index in [4.69, 9.17) is 4.84 Å². The Balaban J connectivity index is 1.82. The highest BCUT2D eigenvalue weighted by Crippen LogP contribution is 2.21. The Hall–Kier alpha value is -3.60. The number of phenolic OH excluding ortho intramolecular Hbond substituents is 1. The summed E-state index contributed by atoms with van der Waals surface area (Å²) in [6.07, 6.45) is -0.283. The SMILES string of the molecule is Cc1ccc(C(Cc2ccccc2)=NOC(=O)Nc2ccccc2)c(O)c1. The van der Waals surface area contributed by atoms with E-state index in [1.54, 1.807) is 24.3 Å². The van der Waals surface area contributed by atoms with Crippen molar-refractivity contribution in [2.45, 2.75) is 13.3 Å². The van der Waals surface area contributed by atoms with Gasteiger partial charge in [-0.05, 0) is 42.3 Å². The number of nitrogens with one attached hydrogen (secondary N) is 1. The Kier molecular flexibility index (Phi) is 5.84. The molecular weight excluding hydrogens is 340 g/mol. The van der Waals surface area contributed by atoms with Crippen LogP contribution in [0.3, 0.4) is 0 Å². The molecule has 2 N–H and O–H groups in total. The number of hydrogen-bond acceptors (Lipinski definition) is 4. The van der Waals surface area contributed by atoms with Crippen LogP contribution in [0.5, 0.6) is 5.75 Å². The molecule has 0 bridgehead atoms. The topological polar surface area (TPSA) is 70.9 Å². The molecule has 27 heavy (non-hydrogen) atoms. The highest BCUT2D eigenvalue weighted by molar-refractivity contribution is 6.04. The van der Waals surface area contributed by atoms with E-state index in [9.17, 15) is 9.90 Å². The third-order valence-electron chi connectivity index (χ3n) is 3.94. The lowest BCUT2D eigenvalue weighted by atomic mass is 10.0. The van der Waals surface area contributed by atoms with Crippen LogP contribution >= 0.6 is 0 Å². The van der Waals surface area contributed by atoms with Crippen LogP contribution in [-0.2, 0) is 11.3 Å². The largest absolute Gasteiger partial charge is 0.507 e. The smallest absolute Gasteiger partial charge is 0.437 e. The molecule has 0 aliphatic carbocycles. The van der Waals surface area contributed by atoms with E-state index in [2.05, 4.69) is 10.5 Å². The number of carbonyl (C=O) groups is 1. The first-order valence-electron chi connectivity index (χ1n) is 8.55. The highest BCUT2D eigenvalue weighted by Gasteiger charge is 2.13. The van der Waals surface area contributed by atoms with E-state index in [-0.39, 0.29) is 5.75 Å². The number of rotatable bonds is 5. The number of hydrogen-bond donors (Lipinski definition) is 2. The van der Waals surface area contributed by atoms with E-state index in [0.29, 0.717) is 23.4 Å². The molecule has 0 heterocycles. The monoisotopic (exact) mass is 360 g/mol. The van der Waals surface area contributed by atoms with Crippen molar-refractivity contribution in [1.82, 2.24) is 0 Å². The number of aromatic hydroxyl groups is 1. The predicted octanol–water partition coefficient (Wildman–Crippen LogP) is 4.90. The van der Waals surface area contributed by atoms with Gasteiger partial charge in [0, 0.05) is 17.7 Å². The van der Waals surface area contributed by atoms with Gasteiger partial charge in [0.25, 0.3) is 0 Å². The lowest BCUT2D eigenvalue weighted by Gasteiger charge is -2.10. The van der Waals surface area contributed by atoms with Crippen LogP contribution < -0.4 is 5.32 Å². The van der Waals surface area contributed by atoms with Crippen LogP contribution in [0.2, 0.25) is 0 Å². The highest BCUT2D eigenvalue weighted by atomic mass is 16.7. The minimum atomic E-state index is -0.696. The molecule has 0 spiro atoms. The zero-order valence-electron chi connectivity index (χ0n) is 14.9. The van der Waals surface area contributed by atoms with Crippen LogP contribution in [0.4, 0.5) is 10.5 Å². The first kappa shape index (κ1) is 18.2. The minimum absolute atomic E-state index is 0.0942. The second-order valence-corrected chi connectivity index (χ2v) is 6.09. The molecule has 5 heteroatoms. The summed E-state index contributed by atoms with van der Waals surface area (Å²) in [4.78, 5) is 17.1. The van der Waals surface area contributed by atoms with Crippen molar-refractivity contribution in [2.24, 2.45) is 5.16 Å². The van der Waals surface area contributed by atoms with E-state index in [1.165, 1.54) is 0 Å². The van der Waals surface area contributed by atoms with Crippen LogP contribution in [0.15, 0.2) is 84.0 Å². The molecule has 0 fully saturated rings. The summed E-state index contributed by atoms with van der Waals surface area (Å²) in [6, 6.07) is 23.9. The van der Waals surface area contributed by atoms with Crippen molar-refractivity contribution < 1.29 is 14.7 Å². The van der Waals surface area contributed by atoms with Gasteiger partial charge in [-0.1, -0.05) is 59.8 Å². The van der Waals surface area contributed by atoms with Gasteiger partial charge in [0.2, 0.25) is 0 Å². The number of benzene rings is 3. The summed E-state index contributed by atoms with van der Waals surface area (Å²) in [5.74, 6) is 0.0942. The summed E-state index contributed by atoms with van der Waals surface area (Å²) in [7, 11) is 0. The molecule has 0 aliphatic rings. The number of aryl methyl sites for hydroxylation is 1. The molecule has 3 aromatic rings. The van der Waals surface area contributed by atoms with Crippen LogP contribution in [-0.4, -0.2) is 16.9 Å². The minimum Gasteiger partial charge on any atom is -0.507 e. The van der Waals surface area contributed by atoms with Crippen molar-refractivity contribution in [2.75, 3.05) is 5.32 Å². The van der Waals surface area contributed by atoms with Gasteiger partial charge >= 0.3 is 6.09 Å². The third kappa shape index (κ3) is 5.19. The molecule has 5 nitrogen and oxygen atoms in total. The molecule has 0 saturated heterocycles. The van der Waals surface area contributed by atoms with Crippen molar-refractivity contribution >= 4 is 17.5 Å². The van der Waals surface area contributed by atoms with Gasteiger partial charge in [0.15, 0.2) is 0 Å². The van der Waals surface area contributed by atoms with Gasteiger partial charge < -0.3 is 5.11 Å². The third-order valence-corrected chi connectivity index (χ3v) is 3.94. The van der Waals surface area contributed by atoms with Gasteiger partial charge in [-0.25, -0.2) is 4.79 Å². The predicted molar refractivity (Wildman–Crippen MR) is 106 cm³/mol. The molecule has 0 aliphatic heterocycles. The number of nitrogens with zero attached hydrogens (tertiary/aromatic N) is 1. The molecular formula is C22H20N2O3. The maximum atomic E-state index is 12.0. The zero-order chi connectivity index (χ0) is 19.1. The molecule has 136 valence electrons. The first-order chi connectivity index (χ1) is 13.1. The van der Waals surface area contributed by atoms with Crippen LogP contribution in [0.25, 0.3) is 0 Å². The maximum Gasteiger partial charge on any atom is 0.437 e. The van der Waals surface area contributed by atoms with Gasteiger partial charge in [0.05, 0.1) is 5.71 Å². The fraction of sp³-hybridized carbons (Fsp3) is 0.0909. The summed E-state index contributed by atoms with van der Waals surface area (Å²) in [5, 5.41) is 16.9. The van der Waals surface area contributed by atoms with Crippen molar-refractivity contribution in [3.8, 4) is 5.75 Å². The fourth-order valence-electron chi connectivity index (χ4n) is 2.61. The summed E-state index contributed by atoms with van der Waals surface area (Å²) >= 11 is 0. The lowest BCUT2D eigenvalue weighted by molar-refractivity contribution is 0.166. The number of carbonyl (C=O) groups excluding carboxylic acids is 1. The summed E-state index contributed by atoms with van der Waals surface area (Å²) < 4.78 is 0. The molecule has 0 atom stereocenters. The van der Waals surface area contributed by atoms with Gasteiger partial charge in [-0.2, -0.15) is 0 Å². The van der Waals surface area contributed by atoms with Gasteiger partial charge in [-0.3, -0.25) is 10.2 Å². The molecule has 0 unspecified atom stereocenters. The zero-order valence-corrected chi connectivity index (χ0v) is 14.9. The van der Waals surface area contributed by atoms with E-state index in [1.807, 2.05) is 61.5 Å². The lowest BCUT2D eigenvalue weighted by Crippen LogP contribution is -2.14. The Morgan fingerprint density at radius 2 is 1.67 bits per heavy atom. The van der Waals surface area contributed by atoms with Crippen LogP contribution in [0.1, 0.15) is 16.7 Å². The van der Waals surface area contributed by atoms with E-state index in [0.717, 1.165) is 11.1 Å². The molecule has 1 amide bonds. The average Bonchev–Trinajstić information content (AvgIpc) is 2.67. The Morgan fingerprint density at radius 1 is 1.00 bits per heavy atom. The van der Waals surface area contributed by atoms with Gasteiger partial charge in [0.1, 0.15) is 5.75 Å². The average molecular weight is 360 g/mol. The number of amides is 1. The normalized spacial score (nSPS) is 11.1. The number of anilines is 1. The second-order valence-electron chi connectivity index (χ2n) is 6.09. The van der Waals surface area contributed by atoms with E-state index < -0.39 is 6.09 Å². The first-order valence-corrected chi connectivity index (χ1v) is 8.55. The Morgan fingerprint density at radius 3 is 2.33 bits per heavy atom. The standard InChI is InChI=1S/C22H20N2O3/c1-16-12-13-19(21(25)14-16)20(15-17-8-4-2-5-9-17)24-27-22(26)23-18-10-6-3-7-11-18/h2-14,25H,15H2,1H3,(H,23,26). The molecule has 3 aromatic carbocycles. The fourth-order valence-corrected chi connectivity index (χ4v) is 2.61. The van der Waals surface area contributed by atoms with Crippen molar-refractivity contribution in [3.63, 3.8) is 0 Å². The summed E-state index contributed by atoms with van der Waals surface area (Å²) in [6.45, 7) is 1.89. The van der Waals surface area contributed by atoms with Gasteiger partial charge in [-0.15, -0.1) is 0 Å². The quantitative estimate of drug-likeness (QED) is 0.386. The summed E-state index contributed by atoms with van der Waals surface area (Å²) in [5.41, 5.74) is 3.51. The molecule has 3 rings (SSSR count). The molecule has 0 aromatic heterocycles. The number of oxime groups is 1. The van der Waals surface area contributed by atoms with E-state index >= 15 is 0 Å². The second kappa shape index (κ2) is 8.67. The maximum absolute atomic E-state index is 12.0. The number of phenols is 1. The Labute approximate surface area is 157 Å².